The first-order chi connectivity index (χ1) is 14.5. The highest BCUT2D eigenvalue weighted by molar-refractivity contribution is 6.03. The maximum absolute atomic E-state index is 12.7. The van der Waals surface area contributed by atoms with Gasteiger partial charge >= 0.3 is 0 Å². The zero-order valence-corrected chi connectivity index (χ0v) is 16.5. The van der Waals surface area contributed by atoms with E-state index < -0.39 is 10.8 Å². The number of nitrogens with zero attached hydrogens (tertiary/aromatic N) is 6. The molecule has 1 amide bonds. The van der Waals surface area contributed by atoms with Gasteiger partial charge in [0.1, 0.15) is 5.82 Å². The summed E-state index contributed by atoms with van der Waals surface area (Å²) in [6.45, 7) is 3.72. The molecule has 0 spiro atoms. The third kappa shape index (κ3) is 3.97. The standard InChI is InChI=1S/C20H21N7O3/c1-14-19(23-24-26(14)15-6-5-7-16(12-15)27(29)30)20(28)22-18-9-8-17(13-21-18)25-10-3-2-4-11-25/h5-9,12-13H,2-4,10-11H2,1H3,(H,21,22,28). The van der Waals surface area contributed by atoms with Crippen LogP contribution in [-0.2, 0) is 0 Å². The fraction of sp³-hybridized carbons (Fsp3) is 0.300. The fourth-order valence-corrected chi connectivity index (χ4v) is 3.50. The van der Waals surface area contributed by atoms with Gasteiger partial charge in [-0.25, -0.2) is 9.67 Å². The number of nitro benzene ring substituents is 1. The van der Waals surface area contributed by atoms with Crippen molar-refractivity contribution < 1.29 is 9.72 Å². The van der Waals surface area contributed by atoms with Gasteiger partial charge in [-0.3, -0.25) is 14.9 Å². The number of non-ortho nitro benzene ring substituents is 1. The van der Waals surface area contributed by atoms with E-state index in [-0.39, 0.29) is 11.4 Å². The number of benzene rings is 1. The summed E-state index contributed by atoms with van der Waals surface area (Å²) in [7, 11) is 0. The molecule has 1 aliphatic rings. The topological polar surface area (TPSA) is 119 Å². The summed E-state index contributed by atoms with van der Waals surface area (Å²) >= 11 is 0. The Morgan fingerprint density at radius 1 is 1.13 bits per heavy atom. The van der Waals surface area contributed by atoms with E-state index in [2.05, 4.69) is 25.5 Å². The van der Waals surface area contributed by atoms with Crippen molar-refractivity contribution in [3.63, 3.8) is 0 Å². The molecule has 10 heteroatoms. The molecule has 1 N–H and O–H groups in total. The van der Waals surface area contributed by atoms with Crippen LogP contribution >= 0.6 is 0 Å². The number of nitrogens with one attached hydrogen (secondary N) is 1. The summed E-state index contributed by atoms with van der Waals surface area (Å²) in [6, 6.07) is 9.70. The number of nitro groups is 1. The first-order valence-electron chi connectivity index (χ1n) is 9.72. The number of amides is 1. The minimum Gasteiger partial charge on any atom is -0.370 e. The number of anilines is 2. The van der Waals surface area contributed by atoms with Crippen molar-refractivity contribution in [1.82, 2.24) is 20.0 Å². The minimum atomic E-state index is -0.484. The fourth-order valence-electron chi connectivity index (χ4n) is 3.50. The molecular weight excluding hydrogens is 386 g/mol. The summed E-state index contributed by atoms with van der Waals surface area (Å²) in [4.78, 5) is 29.8. The smallest absolute Gasteiger partial charge is 0.279 e. The number of hydrogen-bond donors (Lipinski definition) is 1. The van der Waals surface area contributed by atoms with Crippen LogP contribution in [0.25, 0.3) is 5.69 Å². The van der Waals surface area contributed by atoms with Crippen LogP contribution in [0.1, 0.15) is 35.4 Å². The van der Waals surface area contributed by atoms with E-state index >= 15 is 0 Å². The average Bonchev–Trinajstić information content (AvgIpc) is 3.16. The van der Waals surface area contributed by atoms with Crippen LogP contribution in [0.4, 0.5) is 17.2 Å². The highest BCUT2D eigenvalue weighted by Gasteiger charge is 2.19. The van der Waals surface area contributed by atoms with E-state index in [0.717, 1.165) is 18.8 Å². The van der Waals surface area contributed by atoms with E-state index in [4.69, 9.17) is 0 Å². The van der Waals surface area contributed by atoms with Gasteiger partial charge in [0, 0.05) is 25.2 Å². The van der Waals surface area contributed by atoms with Gasteiger partial charge in [0.25, 0.3) is 11.6 Å². The monoisotopic (exact) mass is 407 g/mol. The van der Waals surface area contributed by atoms with Gasteiger partial charge in [0.2, 0.25) is 0 Å². The van der Waals surface area contributed by atoms with Gasteiger partial charge in [-0.05, 0) is 44.4 Å². The number of piperidine rings is 1. The highest BCUT2D eigenvalue weighted by Crippen LogP contribution is 2.21. The van der Waals surface area contributed by atoms with Gasteiger partial charge < -0.3 is 10.2 Å². The molecule has 4 rings (SSSR count). The van der Waals surface area contributed by atoms with Crippen LogP contribution in [0.2, 0.25) is 0 Å². The summed E-state index contributed by atoms with van der Waals surface area (Å²) in [5, 5.41) is 21.7. The first kappa shape index (κ1) is 19.5. The van der Waals surface area contributed by atoms with Gasteiger partial charge in [-0.1, -0.05) is 11.3 Å². The van der Waals surface area contributed by atoms with Crippen LogP contribution < -0.4 is 10.2 Å². The van der Waals surface area contributed by atoms with Crippen molar-refractivity contribution in [1.29, 1.82) is 0 Å². The Hall–Kier alpha value is -3.82. The van der Waals surface area contributed by atoms with E-state index in [0.29, 0.717) is 17.2 Å². The SMILES string of the molecule is Cc1c(C(=O)Nc2ccc(N3CCCCC3)cn2)nnn1-c1cccc([N+](=O)[O-])c1. The molecule has 1 aromatic carbocycles. The van der Waals surface area contributed by atoms with Crippen molar-refractivity contribution in [2.24, 2.45) is 0 Å². The second kappa shape index (κ2) is 8.27. The molecule has 2 aromatic heterocycles. The van der Waals surface area contributed by atoms with Gasteiger partial charge in [-0.15, -0.1) is 5.10 Å². The normalized spacial score (nSPS) is 13.8. The minimum absolute atomic E-state index is 0.0635. The quantitative estimate of drug-likeness (QED) is 0.510. The number of hydrogen-bond acceptors (Lipinski definition) is 7. The molecule has 0 aliphatic carbocycles. The van der Waals surface area contributed by atoms with E-state index in [1.807, 2.05) is 6.07 Å². The van der Waals surface area contributed by atoms with Crippen molar-refractivity contribution in [2.75, 3.05) is 23.3 Å². The molecule has 0 radical (unpaired) electrons. The van der Waals surface area contributed by atoms with Gasteiger partial charge in [0.15, 0.2) is 5.69 Å². The molecular formula is C20H21N7O3. The Morgan fingerprint density at radius 2 is 1.93 bits per heavy atom. The predicted molar refractivity (Wildman–Crippen MR) is 111 cm³/mol. The molecule has 0 unspecified atom stereocenters. The Bertz CT molecular complexity index is 1070. The highest BCUT2D eigenvalue weighted by atomic mass is 16.6. The lowest BCUT2D eigenvalue weighted by atomic mass is 10.1. The van der Waals surface area contributed by atoms with Crippen molar-refractivity contribution in [3.8, 4) is 5.69 Å². The molecule has 1 aliphatic heterocycles. The van der Waals surface area contributed by atoms with Crippen LogP contribution in [0.3, 0.4) is 0 Å². The zero-order chi connectivity index (χ0) is 21.1. The average molecular weight is 407 g/mol. The Balaban J connectivity index is 1.49. The third-order valence-electron chi connectivity index (χ3n) is 5.11. The first-order valence-corrected chi connectivity index (χ1v) is 9.72. The molecule has 1 fully saturated rings. The Kier molecular flexibility index (Phi) is 5.38. The second-order valence-electron chi connectivity index (χ2n) is 7.12. The van der Waals surface area contributed by atoms with Gasteiger partial charge in [-0.2, -0.15) is 0 Å². The van der Waals surface area contributed by atoms with Crippen molar-refractivity contribution in [3.05, 3.63) is 64.1 Å². The lowest BCUT2D eigenvalue weighted by molar-refractivity contribution is -0.384. The summed E-state index contributed by atoms with van der Waals surface area (Å²) in [5.74, 6) is -0.0209. The van der Waals surface area contributed by atoms with Crippen molar-refractivity contribution in [2.45, 2.75) is 26.2 Å². The molecule has 1 saturated heterocycles. The van der Waals surface area contributed by atoms with Crippen LogP contribution in [0.5, 0.6) is 0 Å². The number of carbonyl (C=O) groups is 1. The Morgan fingerprint density at radius 3 is 2.63 bits per heavy atom. The van der Waals surface area contributed by atoms with Crippen LogP contribution in [-0.4, -0.2) is 43.9 Å². The predicted octanol–water partition coefficient (Wildman–Crippen LogP) is 3.12. The van der Waals surface area contributed by atoms with Gasteiger partial charge in [0.05, 0.1) is 28.2 Å². The second-order valence-corrected chi connectivity index (χ2v) is 7.12. The lowest BCUT2D eigenvalue weighted by Gasteiger charge is -2.28. The molecule has 30 heavy (non-hydrogen) atoms. The molecule has 0 saturated carbocycles. The molecule has 0 bridgehead atoms. The van der Waals surface area contributed by atoms with Crippen LogP contribution in [0, 0.1) is 17.0 Å². The van der Waals surface area contributed by atoms with E-state index in [1.54, 1.807) is 31.3 Å². The summed E-state index contributed by atoms with van der Waals surface area (Å²) in [5.41, 5.74) is 2.03. The van der Waals surface area contributed by atoms with Crippen molar-refractivity contribution >= 4 is 23.1 Å². The maximum Gasteiger partial charge on any atom is 0.279 e. The number of rotatable bonds is 5. The molecule has 3 heterocycles. The number of aromatic nitrogens is 4. The molecule has 10 nitrogen and oxygen atoms in total. The Labute approximate surface area is 172 Å². The van der Waals surface area contributed by atoms with E-state index in [1.165, 1.54) is 36.1 Å². The third-order valence-corrected chi connectivity index (χ3v) is 5.11. The zero-order valence-electron chi connectivity index (χ0n) is 16.5. The number of carbonyl (C=O) groups excluding carboxylic acids is 1. The molecule has 0 atom stereocenters. The maximum atomic E-state index is 12.7. The lowest BCUT2D eigenvalue weighted by Crippen LogP contribution is -2.29. The largest absolute Gasteiger partial charge is 0.370 e. The van der Waals surface area contributed by atoms with Crippen LogP contribution in [0.15, 0.2) is 42.6 Å². The summed E-state index contributed by atoms with van der Waals surface area (Å²) in [6.07, 6.45) is 5.37. The number of pyridine rings is 1. The molecule has 3 aromatic rings. The molecule has 154 valence electrons. The summed E-state index contributed by atoms with van der Waals surface area (Å²) < 4.78 is 1.40. The van der Waals surface area contributed by atoms with E-state index in [9.17, 15) is 14.9 Å².